The van der Waals surface area contributed by atoms with E-state index in [0.29, 0.717) is 5.56 Å². The Morgan fingerprint density at radius 2 is 1.33 bits per heavy atom. The van der Waals surface area contributed by atoms with Crippen molar-refractivity contribution in [3.63, 3.8) is 0 Å². The maximum atomic E-state index is 13.1. The Morgan fingerprint density at radius 3 is 1.70 bits per heavy atom. The molecule has 0 radical (unpaired) electrons. The summed E-state index contributed by atoms with van der Waals surface area (Å²) in [5, 5.41) is 10.8. The van der Waals surface area contributed by atoms with E-state index in [9.17, 15) is 24.5 Å². The van der Waals surface area contributed by atoms with Crippen molar-refractivity contribution in [2.45, 2.75) is 79.6 Å². The number of benzene rings is 1. The number of carbonyl (C=O) groups is 3. The summed E-state index contributed by atoms with van der Waals surface area (Å²) in [7, 11) is 0. The molecule has 0 bridgehead atoms. The number of nitro benzene ring substituents is 1. The van der Waals surface area contributed by atoms with E-state index >= 15 is 0 Å². The molecule has 0 saturated heterocycles. The molecule has 0 fully saturated rings. The number of ether oxygens (including phenoxy) is 3. The van der Waals surface area contributed by atoms with Gasteiger partial charge in [0, 0.05) is 12.1 Å². The van der Waals surface area contributed by atoms with Crippen molar-refractivity contribution in [1.29, 1.82) is 0 Å². The summed E-state index contributed by atoms with van der Waals surface area (Å²) in [5.41, 5.74) is -1.30. The first-order valence-electron chi connectivity index (χ1n) is 10.9. The molecule has 0 aromatic heterocycles. The van der Waals surface area contributed by atoms with Crippen LogP contribution in [-0.4, -0.2) is 34.0 Å². The van der Waals surface area contributed by atoms with Gasteiger partial charge in [-0.15, -0.1) is 0 Å². The minimum atomic E-state index is -1.49. The summed E-state index contributed by atoms with van der Waals surface area (Å²) in [6, 6.07) is 5.56. The SMILES string of the molecule is CC(C)C[C@@H](C(=O)OCc1ccc([N+](=O)[O-])cc1)C(C(=O)OC(C)(C)C)C(=O)OC(C)(C)C. The molecular weight excluding hydrogens is 430 g/mol. The fraction of sp³-hybridized carbons (Fsp3) is 0.625. The average Bonchev–Trinajstić information content (AvgIpc) is 2.62. The van der Waals surface area contributed by atoms with Gasteiger partial charge in [0.1, 0.15) is 17.8 Å². The molecule has 9 heteroatoms. The third-order valence-corrected chi connectivity index (χ3v) is 4.28. The maximum absolute atomic E-state index is 13.1. The van der Waals surface area contributed by atoms with E-state index in [1.165, 1.54) is 24.3 Å². The molecule has 0 heterocycles. The lowest BCUT2D eigenvalue weighted by atomic mass is 9.85. The Kier molecular flexibility index (Phi) is 9.57. The lowest BCUT2D eigenvalue weighted by Crippen LogP contribution is -2.43. The molecule has 1 atom stereocenters. The highest BCUT2D eigenvalue weighted by Gasteiger charge is 2.45. The zero-order valence-corrected chi connectivity index (χ0v) is 20.7. The van der Waals surface area contributed by atoms with Crippen molar-refractivity contribution in [2.24, 2.45) is 17.8 Å². The van der Waals surface area contributed by atoms with Crippen LogP contribution in [-0.2, 0) is 35.2 Å². The van der Waals surface area contributed by atoms with Crippen LogP contribution < -0.4 is 0 Å². The van der Waals surface area contributed by atoms with Gasteiger partial charge >= 0.3 is 17.9 Å². The minimum absolute atomic E-state index is 0.0331. The van der Waals surface area contributed by atoms with Crippen LogP contribution in [0.2, 0.25) is 0 Å². The molecule has 1 aromatic carbocycles. The number of carbonyl (C=O) groups excluding carboxylic acids is 3. The standard InChI is InChI=1S/C24H35NO8/c1-15(2)13-18(20(26)31-14-16-9-11-17(12-10-16)25(29)30)19(21(27)32-23(3,4)5)22(28)33-24(6,7)8/h9-12,15,18-19H,13-14H2,1-8H3/t18-/m1/s1. The Hall–Kier alpha value is -2.97. The molecule has 0 N–H and O–H groups in total. The third-order valence-electron chi connectivity index (χ3n) is 4.28. The van der Waals surface area contributed by atoms with Crippen LogP contribution in [0.3, 0.4) is 0 Å². The molecule has 0 saturated carbocycles. The Balaban J connectivity index is 3.18. The van der Waals surface area contributed by atoms with E-state index < -0.39 is 45.9 Å². The van der Waals surface area contributed by atoms with Crippen LogP contribution in [0.25, 0.3) is 0 Å². The third kappa shape index (κ3) is 10.0. The van der Waals surface area contributed by atoms with Crippen LogP contribution in [0.15, 0.2) is 24.3 Å². The monoisotopic (exact) mass is 465 g/mol. The first kappa shape index (κ1) is 28.1. The van der Waals surface area contributed by atoms with Gasteiger partial charge in [-0.25, -0.2) is 0 Å². The number of nitrogens with zero attached hydrogens (tertiary/aromatic N) is 1. The topological polar surface area (TPSA) is 122 Å². The summed E-state index contributed by atoms with van der Waals surface area (Å²) in [4.78, 5) is 49.3. The number of nitro groups is 1. The predicted molar refractivity (Wildman–Crippen MR) is 121 cm³/mol. The summed E-state index contributed by atoms with van der Waals surface area (Å²) >= 11 is 0. The highest BCUT2D eigenvalue weighted by atomic mass is 16.6. The highest BCUT2D eigenvalue weighted by Crippen LogP contribution is 2.29. The molecule has 9 nitrogen and oxygen atoms in total. The lowest BCUT2D eigenvalue weighted by Gasteiger charge is -2.30. The van der Waals surface area contributed by atoms with Crippen LogP contribution >= 0.6 is 0 Å². The van der Waals surface area contributed by atoms with E-state index in [4.69, 9.17) is 14.2 Å². The predicted octanol–water partition coefficient (Wildman–Crippen LogP) is 4.60. The van der Waals surface area contributed by atoms with Crippen molar-refractivity contribution >= 4 is 23.6 Å². The van der Waals surface area contributed by atoms with Gasteiger partial charge < -0.3 is 14.2 Å². The molecule has 1 rings (SSSR count). The lowest BCUT2D eigenvalue weighted by molar-refractivity contribution is -0.384. The van der Waals surface area contributed by atoms with E-state index in [1.807, 2.05) is 13.8 Å². The summed E-state index contributed by atoms with van der Waals surface area (Å²) in [5.74, 6) is -5.09. The number of rotatable bonds is 9. The molecule has 184 valence electrons. The normalized spacial score (nSPS) is 12.9. The zero-order chi connectivity index (χ0) is 25.6. The molecule has 0 spiro atoms. The van der Waals surface area contributed by atoms with Crippen LogP contribution in [0.5, 0.6) is 0 Å². The average molecular weight is 466 g/mol. The number of hydrogen-bond acceptors (Lipinski definition) is 8. The molecule has 1 aromatic rings. The number of non-ortho nitro benzene ring substituents is 1. The van der Waals surface area contributed by atoms with Gasteiger partial charge in [0.25, 0.3) is 5.69 Å². The van der Waals surface area contributed by atoms with Crippen LogP contribution in [0, 0.1) is 27.9 Å². The fourth-order valence-corrected chi connectivity index (χ4v) is 3.01. The molecule has 0 aliphatic rings. The second-order valence-electron chi connectivity index (χ2n) is 10.3. The zero-order valence-electron chi connectivity index (χ0n) is 20.7. The highest BCUT2D eigenvalue weighted by molar-refractivity contribution is 5.99. The fourth-order valence-electron chi connectivity index (χ4n) is 3.01. The summed E-state index contributed by atoms with van der Waals surface area (Å²) < 4.78 is 16.3. The largest absolute Gasteiger partial charge is 0.461 e. The van der Waals surface area contributed by atoms with E-state index in [1.54, 1.807) is 41.5 Å². The van der Waals surface area contributed by atoms with E-state index in [0.717, 1.165) is 0 Å². The van der Waals surface area contributed by atoms with Crippen molar-refractivity contribution in [1.82, 2.24) is 0 Å². The Morgan fingerprint density at radius 1 is 0.879 bits per heavy atom. The first-order valence-corrected chi connectivity index (χ1v) is 10.9. The van der Waals surface area contributed by atoms with E-state index in [2.05, 4.69) is 0 Å². The van der Waals surface area contributed by atoms with Gasteiger partial charge in [0.15, 0.2) is 5.92 Å². The number of hydrogen-bond donors (Lipinski definition) is 0. The molecule has 0 aliphatic carbocycles. The molecular formula is C24H35NO8. The maximum Gasteiger partial charge on any atom is 0.321 e. The van der Waals surface area contributed by atoms with Gasteiger partial charge in [0.2, 0.25) is 0 Å². The van der Waals surface area contributed by atoms with Gasteiger partial charge in [-0.1, -0.05) is 13.8 Å². The Labute approximate surface area is 194 Å². The smallest absolute Gasteiger partial charge is 0.321 e. The van der Waals surface area contributed by atoms with Crippen molar-refractivity contribution < 1.29 is 33.5 Å². The van der Waals surface area contributed by atoms with Crippen molar-refractivity contribution in [3.05, 3.63) is 39.9 Å². The second kappa shape index (κ2) is 11.2. The van der Waals surface area contributed by atoms with Gasteiger partial charge in [-0.3, -0.25) is 24.5 Å². The van der Waals surface area contributed by atoms with Gasteiger partial charge in [-0.05, 0) is 71.6 Å². The van der Waals surface area contributed by atoms with Gasteiger partial charge in [-0.2, -0.15) is 0 Å². The minimum Gasteiger partial charge on any atom is -0.461 e. The van der Waals surface area contributed by atoms with Crippen LogP contribution in [0.1, 0.15) is 67.4 Å². The Bertz CT molecular complexity index is 819. The van der Waals surface area contributed by atoms with Crippen molar-refractivity contribution in [2.75, 3.05) is 0 Å². The van der Waals surface area contributed by atoms with E-state index in [-0.39, 0.29) is 24.6 Å². The summed E-state index contributed by atoms with van der Waals surface area (Å²) in [6.07, 6.45) is 0.197. The van der Waals surface area contributed by atoms with Crippen molar-refractivity contribution in [3.8, 4) is 0 Å². The molecule has 0 unspecified atom stereocenters. The molecule has 0 aliphatic heterocycles. The summed E-state index contributed by atoms with van der Waals surface area (Å²) in [6.45, 7) is 13.6. The van der Waals surface area contributed by atoms with Crippen LogP contribution in [0.4, 0.5) is 5.69 Å². The molecule has 33 heavy (non-hydrogen) atoms. The quantitative estimate of drug-likeness (QED) is 0.170. The molecule has 0 amide bonds. The number of esters is 3. The second-order valence-corrected chi connectivity index (χ2v) is 10.3. The first-order chi connectivity index (χ1) is 15.0. The van der Waals surface area contributed by atoms with Gasteiger partial charge in [0.05, 0.1) is 10.8 Å².